The van der Waals surface area contributed by atoms with Crippen molar-refractivity contribution in [1.29, 1.82) is 0 Å². The van der Waals surface area contributed by atoms with Crippen LogP contribution in [0.15, 0.2) is 0 Å². The lowest BCUT2D eigenvalue weighted by Gasteiger charge is -2.06. The Morgan fingerprint density at radius 3 is 2.86 bits per heavy atom. The molecule has 0 aliphatic carbocycles. The predicted molar refractivity (Wildman–Crippen MR) is 57.0 cm³/mol. The summed E-state index contributed by atoms with van der Waals surface area (Å²) in [7, 11) is 0. The quantitative estimate of drug-likeness (QED) is 0.568. The summed E-state index contributed by atoms with van der Waals surface area (Å²) in [5, 5.41) is 2.82. The summed E-state index contributed by atoms with van der Waals surface area (Å²) in [6.45, 7) is 5.78. The Kier molecular flexibility index (Phi) is 8.57. The van der Waals surface area contributed by atoms with Crippen molar-refractivity contribution in [3.8, 4) is 0 Å². The Bertz CT molecular complexity index is 149. The molecule has 0 aromatic heterocycles. The lowest BCUT2D eigenvalue weighted by molar-refractivity contribution is -0.122. The van der Waals surface area contributed by atoms with Gasteiger partial charge in [0.05, 0.1) is 6.61 Å². The Morgan fingerprint density at radius 2 is 2.29 bits per heavy atom. The van der Waals surface area contributed by atoms with Crippen LogP contribution in [-0.2, 0) is 9.53 Å². The van der Waals surface area contributed by atoms with E-state index in [1.807, 2.05) is 13.8 Å². The number of ether oxygens (including phenoxy) is 1. The maximum absolute atomic E-state index is 11.1. The van der Waals surface area contributed by atoms with Gasteiger partial charge in [-0.3, -0.25) is 4.79 Å². The Hall–Kier alpha value is -0.610. The fourth-order valence-electron chi connectivity index (χ4n) is 1.05. The Balaban J connectivity index is 3.18. The molecule has 0 fully saturated rings. The summed E-state index contributed by atoms with van der Waals surface area (Å²) in [5.41, 5.74) is 5.57. The molecule has 4 nitrogen and oxygen atoms in total. The van der Waals surface area contributed by atoms with Gasteiger partial charge in [-0.2, -0.15) is 0 Å². The van der Waals surface area contributed by atoms with E-state index >= 15 is 0 Å². The average Bonchev–Trinajstić information content (AvgIpc) is 2.13. The molecule has 0 aromatic rings. The molecule has 0 rings (SSSR count). The van der Waals surface area contributed by atoms with Crippen LogP contribution in [-0.4, -0.2) is 31.7 Å². The van der Waals surface area contributed by atoms with E-state index in [9.17, 15) is 4.79 Å². The third kappa shape index (κ3) is 9.48. The standard InChI is InChI=1S/C10H22N2O2/c1-3-14-8-6-10(13)12-7-4-5-9(2)11/h9H,3-8,11H2,1-2H3,(H,12,13). The van der Waals surface area contributed by atoms with Gasteiger partial charge in [-0.1, -0.05) is 0 Å². The lowest BCUT2D eigenvalue weighted by Crippen LogP contribution is -2.26. The molecule has 0 saturated carbocycles. The van der Waals surface area contributed by atoms with E-state index in [2.05, 4.69) is 5.32 Å². The van der Waals surface area contributed by atoms with Gasteiger partial charge in [-0.05, 0) is 26.7 Å². The van der Waals surface area contributed by atoms with Gasteiger partial charge in [-0.25, -0.2) is 0 Å². The number of nitrogens with two attached hydrogens (primary N) is 1. The first-order chi connectivity index (χ1) is 6.66. The first kappa shape index (κ1) is 13.4. The van der Waals surface area contributed by atoms with Gasteiger partial charge in [0.15, 0.2) is 0 Å². The molecule has 1 amide bonds. The van der Waals surface area contributed by atoms with Crippen molar-refractivity contribution in [2.75, 3.05) is 19.8 Å². The molecule has 0 aromatic carbocycles. The van der Waals surface area contributed by atoms with Gasteiger partial charge in [0.2, 0.25) is 5.91 Å². The van der Waals surface area contributed by atoms with E-state index in [4.69, 9.17) is 10.5 Å². The molecule has 1 atom stereocenters. The van der Waals surface area contributed by atoms with Crippen LogP contribution >= 0.6 is 0 Å². The summed E-state index contributed by atoms with van der Waals surface area (Å²) >= 11 is 0. The minimum absolute atomic E-state index is 0.0584. The maximum Gasteiger partial charge on any atom is 0.222 e. The second kappa shape index (κ2) is 8.97. The molecule has 0 heterocycles. The summed E-state index contributed by atoms with van der Waals surface area (Å²) in [6.07, 6.45) is 2.34. The summed E-state index contributed by atoms with van der Waals surface area (Å²) < 4.78 is 5.07. The summed E-state index contributed by atoms with van der Waals surface area (Å²) in [6, 6.07) is 0.218. The zero-order chi connectivity index (χ0) is 10.8. The van der Waals surface area contributed by atoms with Crippen molar-refractivity contribution in [1.82, 2.24) is 5.32 Å². The summed E-state index contributed by atoms with van der Waals surface area (Å²) in [4.78, 5) is 11.1. The van der Waals surface area contributed by atoms with Gasteiger partial charge in [0.25, 0.3) is 0 Å². The molecule has 4 heteroatoms. The van der Waals surface area contributed by atoms with E-state index < -0.39 is 0 Å². The van der Waals surface area contributed by atoms with Crippen molar-refractivity contribution in [3.05, 3.63) is 0 Å². The maximum atomic E-state index is 11.1. The van der Waals surface area contributed by atoms with E-state index in [0.717, 1.165) is 12.8 Å². The molecular weight excluding hydrogens is 180 g/mol. The molecular formula is C10H22N2O2. The largest absolute Gasteiger partial charge is 0.381 e. The van der Waals surface area contributed by atoms with Crippen molar-refractivity contribution in [2.45, 2.75) is 39.2 Å². The highest BCUT2D eigenvalue weighted by Gasteiger charge is 2.00. The molecule has 0 radical (unpaired) electrons. The molecule has 1 unspecified atom stereocenters. The predicted octanol–water partition coefficient (Wildman–Crippen LogP) is 0.657. The van der Waals surface area contributed by atoms with Crippen molar-refractivity contribution in [3.63, 3.8) is 0 Å². The van der Waals surface area contributed by atoms with Crippen LogP contribution < -0.4 is 11.1 Å². The Labute approximate surface area is 86.2 Å². The number of rotatable bonds is 8. The van der Waals surface area contributed by atoms with Crippen LogP contribution in [0.1, 0.15) is 33.1 Å². The van der Waals surface area contributed by atoms with Crippen LogP contribution in [0.2, 0.25) is 0 Å². The number of hydrogen-bond acceptors (Lipinski definition) is 3. The van der Waals surface area contributed by atoms with Crippen LogP contribution in [0.5, 0.6) is 0 Å². The number of carbonyl (C=O) groups is 1. The highest BCUT2D eigenvalue weighted by molar-refractivity contribution is 5.75. The van der Waals surface area contributed by atoms with Crippen molar-refractivity contribution >= 4 is 5.91 Å². The number of hydrogen-bond donors (Lipinski definition) is 2. The van der Waals surface area contributed by atoms with E-state index in [0.29, 0.717) is 26.2 Å². The molecule has 3 N–H and O–H groups in total. The van der Waals surface area contributed by atoms with Crippen LogP contribution in [0.3, 0.4) is 0 Å². The van der Waals surface area contributed by atoms with Gasteiger partial charge in [0.1, 0.15) is 0 Å². The van der Waals surface area contributed by atoms with Gasteiger partial charge < -0.3 is 15.8 Å². The molecule has 0 spiro atoms. The van der Waals surface area contributed by atoms with Gasteiger partial charge in [-0.15, -0.1) is 0 Å². The van der Waals surface area contributed by atoms with E-state index in [-0.39, 0.29) is 11.9 Å². The van der Waals surface area contributed by atoms with Crippen molar-refractivity contribution in [2.24, 2.45) is 5.73 Å². The minimum atomic E-state index is 0.0584. The average molecular weight is 202 g/mol. The molecule has 0 bridgehead atoms. The van der Waals surface area contributed by atoms with E-state index in [1.165, 1.54) is 0 Å². The molecule has 14 heavy (non-hydrogen) atoms. The highest BCUT2D eigenvalue weighted by Crippen LogP contribution is 1.91. The minimum Gasteiger partial charge on any atom is -0.381 e. The van der Waals surface area contributed by atoms with Crippen LogP contribution in [0, 0.1) is 0 Å². The first-order valence-electron chi connectivity index (χ1n) is 5.26. The normalized spacial score (nSPS) is 12.5. The van der Waals surface area contributed by atoms with Gasteiger partial charge >= 0.3 is 0 Å². The number of nitrogens with one attached hydrogen (secondary N) is 1. The second-order valence-electron chi connectivity index (χ2n) is 3.42. The molecule has 0 saturated heterocycles. The number of carbonyl (C=O) groups excluding carboxylic acids is 1. The highest BCUT2D eigenvalue weighted by atomic mass is 16.5. The third-order valence-corrected chi connectivity index (χ3v) is 1.84. The van der Waals surface area contributed by atoms with Crippen LogP contribution in [0.25, 0.3) is 0 Å². The fourth-order valence-corrected chi connectivity index (χ4v) is 1.05. The smallest absolute Gasteiger partial charge is 0.222 e. The zero-order valence-corrected chi connectivity index (χ0v) is 9.21. The topological polar surface area (TPSA) is 64.3 Å². The Morgan fingerprint density at radius 1 is 1.57 bits per heavy atom. The number of amides is 1. The SMILES string of the molecule is CCOCCC(=O)NCCCC(C)N. The third-order valence-electron chi connectivity index (χ3n) is 1.84. The molecule has 0 aliphatic heterocycles. The fraction of sp³-hybridized carbons (Fsp3) is 0.900. The monoisotopic (exact) mass is 202 g/mol. The zero-order valence-electron chi connectivity index (χ0n) is 9.21. The van der Waals surface area contributed by atoms with Crippen molar-refractivity contribution < 1.29 is 9.53 Å². The second-order valence-corrected chi connectivity index (χ2v) is 3.42. The molecule has 84 valence electrons. The summed E-state index contributed by atoms with van der Waals surface area (Å²) in [5.74, 6) is 0.0584. The molecule has 0 aliphatic rings. The lowest BCUT2D eigenvalue weighted by atomic mass is 10.2. The first-order valence-corrected chi connectivity index (χ1v) is 5.26. The van der Waals surface area contributed by atoms with Gasteiger partial charge in [0, 0.05) is 25.6 Å². The van der Waals surface area contributed by atoms with E-state index in [1.54, 1.807) is 0 Å². The van der Waals surface area contributed by atoms with Crippen LogP contribution in [0.4, 0.5) is 0 Å².